The molecule has 2 aliphatic rings. The summed E-state index contributed by atoms with van der Waals surface area (Å²) < 4.78 is 11.2. The lowest BCUT2D eigenvalue weighted by molar-refractivity contribution is 0.00334. The van der Waals surface area contributed by atoms with Crippen LogP contribution in [0.4, 0.5) is 0 Å². The maximum Gasteiger partial charge on any atom is 0.316 e. The number of amides is 1. The second kappa shape index (κ2) is 9.67. The van der Waals surface area contributed by atoms with E-state index >= 15 is 0 Å². The molecule has 0 radical (unpaired) electrons. The van der Waals surface area contributed by atoms with E-state index in [4.69, 9.17) is 9.47 Å². The number of aryl methyl sites for hydroxylation is 2. The fourth-order valence-corrected chi connectivity index (χ4v) is 4.53. The molecule has 2 atom stereocenters. The first-order valence-electron chi connectivity index (χ1n) is 11.6. The lowest BCUT2D eigenvalue weighted by atomic mass is 9.83. The molecule has 0 spiro atoms. The van der Waals surface area contributed by atoms with Crippen LogP contribution in [0.25, 0.3) is 11.1 Å². The van der Waals surface area contributed by atoms with Gasteiger partial charge in [0.1, 0.15) is 6.10 Å². The van der Waals surface area contributed by atoms with Gasteiger partial charge in [0.15, 0.2) is 0 Å². The molecule has 5 rings (SSSR count). The molecular formula is C26H28N4O3. The number of fused-ring (bicyclic) bond motifs is 1. The first-order valence-corrected chi connectivity index (χ1v) is 11.6. The van der Waals surface area contributed by atoms with Crippen molar-refractivity contribution in [2.75, 3.05) is 13.2 Å². The summed E-state index contributed by atoms with van der Waals surface area (Å²) in [4.78, 5) is 25.8. The van der Waals surface area contributed by atoms with Gasteiger partial charge in [0.25, 0.3) is 5.91 Å². The number of carbonyl (C=O) groups excluding carboxylic acids is 1. The summed E-state index contributed by atoms with van der Waals surface area (Å²) in [6, 6.07) is 10.9. The molecule has 1 fully saturated rings. The van der Waals surface area contributed by atoms with Gasteiger partial charge >= 0.3 is 6.01 Å². The van der Waals surface area contributed by atoms with Crippen LogP contribution in [0.1, 0.15) is 46.4 Å². The van der Waals surface area contributed by atoms with E-state index in [9.17, 15) is 4.79 Å². The molecule has 1 aromatic carbocycles. The summed E-state index contributed by atoms with van der Waals surface area (Å²) in [6.45, 7) is 3.31. The molecule has 0 bridgehead atoms. The van der Waals surface area contributed by atoms with Gasteiger partial charge in [-0.05, 0) is 61.8 Å². The van der Waals surface area contributed by atoms with Gasteiger partial charge in [0, 0.05) is 42.5 Å². The third kappa shape index (κ3) is 5.03. The van der Waals surface area contributed by atoms with Crippen LogP contribution in [0.2, 0.25) is 0 Å². The maximum atomic E-state index is 12.9. The van der Waals surface area contributed by atoms with E-state index in [1.165, 1.54) is 29.1 Å². The Bertz CT molecular complexity index is 1110. The number of hydrogen-bond acceptors (Lipinski definition) is 6. The average Bonchev–Trinajstić information content (AvgIpc) is 2.85. The van der Waals surface area contributed by atoms with Crippen LogP contribution in [-0.2, 0) is 17.6 Å². The minimum Gasteiger partial charge on any atom is -0.458 e. The Hall–Kier alpha value is -3.32. The van der Waals surface area contributed by atoms with E-state index in [2.05, 4.69) is 44.5 Å². The van der Waals surface area contributed by atoms with Crippen LogP contribution >= 0.6 is 0 Å². The maximum absolute atomic E-state index is 12.9. The van der Waals surface area contributed by atoms with Crippen molar-refractivity contribution in [2.24, 2.45) is 0 Å². The second-order valence-corrected chi connectivity index (χ2v) is 8.76. The van der Waals surface area contributed by atoms with E-state index < -0.39 is 0 Å². The summed E-state index contributed by atoms with van der Waals surface area (Å²) in [5.74, 6) is -0.162. The van der Waals surface area contributed by atoms with Crippen molar-refractivity contribution in [3.63, 3.8) is 0 Å². The topological polar surface area (TPSA) is 86.2 Å². The molecule has 3 heterocycles. The zero-order valence-electron chi connectivity index (χ0n) is 18.8. The number of aromatic nitrogens is 3. The molecule has 1 N–H and O–H groups in total. The summed E-state index contributed by atoms with van der Waals surface area (Å²) in [7, 11) is 0. The molecule has 1 unspecified atom stereocenters. The lowest BCUT2D eigenvalue weighted by Gasteiger charge is -2.27. The van der Waals surface area contributed by atoms with Crippen LogP contribution in [0.5, 0.6) is 6.01 Å². The van der Waals surface area contributed by atoms with Gasteiger partial charge in [-0.3, -0.25) is 9.78 Å². The minimum atomic E-state index is -0.162. The Kier molecular flexibility index (Phi) is 6.30. The number of pyridine rings is 1. The first kappa shape index (κ1) is 21.5. The molecule has 1 aliphatic heterocycles. The fraction of sp³-hybridized carbons (Fsp3) is 0.385. The first-order chi connectivity index (χ1) is 16.2. The molecule has 1 amide bonds. The van der Waals surface area contributed by atoms with E-state index in [0.29, 0.717) is 12.2 Å². The van der Waals surface area contributed by atoms with Crippen LogP contribution < -0.4 is 10.1 Å². The number of ether oxygens (including phenoxy) is 2. The molecule has 1 aliphatic carbocycles. The zero-order chi connectivity index (χ0) is 22.6. The summed E-state index contributed by atoms with van der Waals surface area (Å²) in [5, 5.41) is 3.17. The Labute approximate surface area is 193 Å². The molecule has 1 saturated heterocycles. The number of hydrogen-bond donors (Lipinski definition) is 1. The van der Waals surface area contributed by atoms with Crippen LogP contribution in [0, 0.1) is 6.92 Å². The van der Waals surface area contributed by atoms with Gasteiger partial charge < -0.3 is 14.8 Å². The predicted molar refractivity (Wildman–Crippen MR) is 124 cm³/mol. The van der Waals surface area contributed by atoms with Gasteiger partial charge in [-0.1, -0.05) is 24.3 Å². The molecular weight excluding hydrogens is 416 g/mol. The van der Waals surface area contributed by atoms with E-state index in [-0.39, 0.29) is 24.1 Å². The van der Waals surface area contributed by atoms with Gasteiger partial charge in [-0.2, -0.15) is 0 Å². The third-order valence-corrected chi connectivity index (χ3v) is 6.32. The van der Waals surface area contributed by atoms with Crippen molar-refractivity contribution in [1.82, 2.24) is 20.3 Å². The normalized spacial score (nSPS) is 20.0. The Balaban J connectivity index is 1.25. The number of nitrogens with zero attached hydrogens (tertiary/aromatic N) is 3. The van der Waals surface area contributed by atoms with Crippen molar-refractivity contribution >= 4 is 5.91 Å². The van der Waals surface area contributed by atoms with E-state index in [1.807, 2.05) is 19.2 Å². The number of nitrogens with one attached hydrogen (secondary N) is 1. The van der Waals surface area contributed by atoms with Gasteiger partial charge in [0.2, 0.25) is 0 Å². The van der Waals surface area contributed by atoms with Crippen molar-refractivity contribution < 1.29 is 14.3 Å². The van der Waals surface area contributed by atoms with Crippen LogP contribution in [0.3, 0.4) is 0 Å². The highest BCUT2D eigenvalue weighted by atomic mass is 16.5. The number of carbonyl (C=O) groups is 1. The van der Waals surface area contributed by atoms with Gasteiger partial charge in [-0.15, -0.1) is 0 Å². The van der Waals surface area contributed by atoms with Gasteiger partial charge in [-0.25, -0.2) is 9.97 Å². The standard InChI is InChI=1S/C26H28N4O3/c1-17-7-8-19(13-27-17)23-6-2-4-18-9-10-21(12-24(18)23)30-25(31)20-14-28-26(29-15-20)33-22-5-3-11-32-16-22/h2,4,6-8,13-15,21-22H,3,5,9-12,16H2,1H3,(H,30,31)/t21-,22?/m1/s1. The minimum absolute atomic E-state index is 0.0290. The summed E-state index contributed by atoms with van der Waals surface area (Å²) in [6.07, 6.45) is 9.47. The summed E-state index contributed by atoms with van der Waals surface area (Å²) in [5.41, 5.74) is 6.36. The zero-order valence-corrected chi connectivity index (χ0v) is 18.8. The monoisotopic (exact) mass is 444 g/mol. The van der Waals surface area contributed by atoms with Crippen molar-refractivity contribution in [2.45, 2.75) is 51.2 Å². The molecule has 0 saturated carbocycles. The number of benzene rings is 1. The smallest absolute Gasteiger partial charge is 0.316 e. The fourth-order valence-electron chi connectivity index (χ4n) is 4.53. The van der Waals surface area contributed by atoms with Gasteiger partial charge in [0.05, 0.1) is 12.2 Å². The second-order valence-electron chi connectivity index (χ2n) is 8.76. The van der Waals surface area contributed by atoms with Crippen molar-refractivity contribution in [1.29, 1.82) is 0 Å². The highest BCUT2D eigenvalue weighted by Gasteiger charge is 2.24. The van der Waals surface area contributed by atoms with E-state index in [0.717, 1.165) is 50.0 Å². The Morgan fingerprint density at radius 2 is 1.97 bits per heavy atom. The highest BCUT2D eigenvalue weighted by molar-refractivity contribution is 5.93. The molecule has 7 heteroatoms. The molecule has 2 aromatic heterocycles. The quantitative estimate of drug-likeness (QED) is 0.646. The average molecular weight is 445 g/mol. The largest absolute Gasteiger partial charge is 0.458 e. The molecule has 3 aromatic rings. The highest BCUT2D eigenvalue weighted by Crippen LogP contribution is 2.31. The Morgan fingerprint density at radius 1 is 1.09 bits per heavy atom. The van der Waals surface area contributed by atoms with E-state index in [1.54, 1.807) is 0 Å². The molecule has 33 heavy (non-hydrogen) atoms. The lowest BCUT2D eigenvalue weighted by Crippen LogP contribution is -2.39. The Morgan fingerprint density at radius 3 is 2.73 bits per heavy atom. The SMILES string of the molecule is Cc1ccc(-c2cccc3c2C[C@H](NC(=O)c2cnc(OC4CCCOC4)nc2)CC3)cn1. The van der Waals surface area contributed by atoms with Crippen molar-refractivity contribution in [3.05, 3.63) is 71.3 Å². The predicted octanol–water partition coefficient (Wildman–Crippen LogP) is 3.69. The number of rotatable bonds is 5. The van der Waals surface area contributed by atoms with Crippen LogP contribution in [-0.4, -0.2) is 46.2 Å². The molecule has 7 nitrogen and oxygen atoms in total. The molecule has 170 valence electrons. The summed E-state index contributed by atoms with van der Waals surface area (Å²) >= 11 is 0. The third-order valence-electron chi connectivity index (χ3n) is 6.32. The van der Waals surface area contributed by atoms with Crippen LogP contribution in [0.15, 0.2) is 48.9 Å². The van der Waals surface area contributed by atoms with Crippen molar-refractivity contribution in [3.8, 4) is 17.1 Å².